The van der Waals surface area contributed by atoms with Crippen molar-refractivity contribution in [2.24, 2.45) is 0 Å². The topological polar surface area (TPSA) is 84.0 Å². The molecule has 1 aliphatic rings. The van der Waals surface area contributed by atoms with E-state index in [0.29, 0.717) is 30.9 Å². The minimum atomic E-state index is -0.667. The van der Waals surface area contributed by atoms with Crippen LogP contribution in [-0.2, 0) is 17.9 Å². The molecule has 7 nitrogen and oxygen atoms in total. The third kappa shape index (κ3) is 2.88. The predicted octanol–water partition coefficient (Wildman–Crippen LogP) is 1.27. The normalized spacial score (nSPS) is 14.7. The average molecular weight is 311 g/mol. The van der Waals surface area contributed by atoms with Crippen molar-refractivity contribution < 1.29 is 9.53 Å². The molecule has 0 N–H and O–H groups in total. The van der Waals surface area contributed by atoms with Gasteiger partial charge in [-0.1, -0.05) is 12.1 Å². The Hall–Kier alpha value is -2.88. The molecule has 3 rings (SSSR count). The number of aromatic nitrogens is 3. The van der Waals surface area contributed by atoms with Gasteiger partial charge in [-0.3, -0.25) is 4.79 Å². The maximum Gasteiger partial charge on any atom is 0.263 e. The highest BCUT2D eigenvalue weighted by Gasteiger charge is 2.28. The number of nitrogens with zero attached hydrogens (tertiary/aromatic N) is 5. The first kappa shape index (κ1) is 15.0. The summed E-state index contributed by atoms with van der Waals surface area (Å²) in [4.78, 5) is 14.3. The smallest absolute Gasteiger partial charge is 0.263 e. The number of carbonyl (C=O) groups excluding carboxylic acids is 1. The second kappa shape index (κ2) is 6.08. The Morgan fingerprint density at radius 1 is 1.35 bits per heavy atom. The average Bonchev–Trinajstić information content (AvgIpc) is 2.95. The Labute approximate surface area is 134 Å². The highest BCUT2D eigenvalue weighted by atomic mass is 16.5. The summed E-state index contributed by atoms with van der Waals surface area (Å²) in [6.07, 6.45) is -0.667. The highest BCUT2D eigenvalue weighted by molar-refractivity contribution is 5.81. The Morgan fingerprint density at radius 2 is 2.13 bits per heavy atom. The molecule has 1 aliphatic heterocycles. The minimum absolute atomic E-state index is 0.121. The van der Waals surface area contributed by atoms with Gasteiger partial charge in [0.1, 0.15) is 17.6 Å². The van der Waals surface area contributed by atoms with Gasteiger partial charge in [0.2, 0.25) is 0 Å². The molecular weight excluding hydrogens is 294 g/mol. The zero-order valence-corrected chi connectivity index (χ0v) is 13.1. The first-order valence-corrected chi connectivity index (χ1v) is 7.43. The second-order valence-corrected chi connectivity index (χ2v) is 5.44. The number of hydrogen-bond acceptors (Lipinski definition) is 5. The first-order valence-electron chi connectivity index (χ1n) is 7.43. The van der Waals surface area contributed by atoms with Crippen LogP contribution in [0.5, 0.6) is 5.75 Å². The van der Waals surface area contributed by atoms with Crippen LogP contribution in [0.3, 0.4) is 0 Å². The largest absolute Gasteiger partial charge is 0.480 e. The number of nitriles is 1. The lowest BCUT2D eigenvalue weighted by Crippen LogP contribution is -2.44. The predicted molar refractivity (Wildman–Crippen MR) is 81.4 cm³/mol. The van der Waals surface area contributed by atoms with Crippen LogP contribution >= 0.6 is 0 Å². The zero-order valence-electron chi connectivity index (χ0n) is 13.1. The van der Waals surface area contributed by atoms with E-state index in [1.807, 2.05) is 11.5 Å². The molecule has 118 valence electrons. The van der Waals surface area contributed by atoms with Crippen LogP contribution < -0.4 is 4.74 Å². The molecule has 1 atom stereocenters. The van der Waals surface area contributed by atoms with Crippen LogP contribution in [0, 0.1) is 18.3 Å². The van der Waals surface area contributed by atoms with Crippen molar-refractivity contribution in [1.29, 1.82) is 5.26 Å². The minimum Gasteiger partial charge on any atom is -0.480 e. The van der Waals surface area contributed by atoms with Crippen molar-refractivity contribution >= 4 is 5.91 Å². The number of ether oxygens (including phenoxy) is 1. The highest BCUT2D eigenvalue weighted by Crippen LogP contribution is 2.20. The number of para-hydroxylation sites is 1. The summed E-state index contributed by atoms with van der Waals surface area (Å²) >= 11 is 0. The van der Waals surface area contributed by atoms with Gasteiger partial charge in [-0.2, -0.15) is 5.26 Å². The fourth-order valence-electron chi connectivity index (χ4n) is 2.65. The van der Waals surface area contributed by atoms with E-state index in [-0.39, 0.29) is 5.91 Å². The van der Waals surface area contributed by atoms with Gasteiger partial charge in [0.15, 0.2) is 11.9 Å². The van der Waals surface area contributed by atoms with Crippen molar-refractivity contribution in [3.05, 3.63) is 41.5 Å². The summed E-state index contributed by atoms with van der Waals surface area (Å²) in [5, 5.41) is 17.2. The van der Waals surface area contributed by atoms with Gasteiger partial charge in [0.05, 0.1) is 12.1 Å². The molecule has 0 saturated carbocycles. The fraction of sp³-hybridized carbons (Fsp3) is 0.375. The third-order valence-electron chi connectivity index (χ3n) is 3.91. The Morgan fingerprint density at radius 3 is 2.91 bits per heavy atom. The summed E-state index contributed by atoms with van der Waals surface area (Å²) in [6.45, 7) is 5.30. The molecule has 2 aromatic rings. The van der Waals surface area contributed by atoms with Gasteiger partial charge in [-0.05, 0) is 26.0 Å². The van der Waals surface area contributed by atoms with Crippen LogP contribution in [0.2, 0.25) is 0 Å². The molecule has 0 spiro atoms. The molecule has 0 radical (unpaired) electrons. The zero-order chi connectivity index (χ0) is 16.4. The van der Waals surface area contributed by atoms with Crippen LogP contribution in [-0.4, -0.2) is 38.2 Å². The molecule has 0 fully saturated rings. The summed E-state index contributed by atoms with van der Waals surface area (Å²) in [5.74, 6) is 1.95. The molecule has 1 aromatic carbocycles. The lowest BCUT2D eigenvalue weighted by Gasteiger charge is -2.29. The number of fused-ring (bicyclic) bond motifs is 1. The van der Waals surface area contributed by atoms with Crippen molar-refractivity contribution in [2.75, 3.05) is 6.54 Å². The Kier molecular flexibility index (Phi) is 3.98. The standard InChI is InChI=1S/C16H17N5O2/c1-11(23-14-6-4-3-5-13(14)9-17)16(22)20-7-8-21-12(2)18-19-15(21)10-20/h3-6,11H,7-8,10H2,1-2H3/t11-/m1/s1. The lowest BCUT2D eigenvalue weighted by molar-refractivity contribution is -0.139. The van der Waals surface area contributed by atoms with Crippen LogP contribution in [0.15, 0.2) is 24.3 Å². The quantitative estimate of drug-likeness (QED) is 0.852. The maximum absolute atomic E-state index is 12.6. The second-order valence-electron chi connectivity index (χ2n) is 5.44. The summed E-state index contributed by atoms with van der Waals surface area (Å²) in [6, 6.07) is 8.96. The van der Waals surface area contributed by atoms with E-state index < -0.39 is 6.10 Å². The van der Waals surface area contributed by atoms with Gasteiger partial charge in [-0.15, -0.1) is 10.2 Å². The molecular formula is C16H17N5O2. The van der Waals surface area contributed by atoms with Crippen molar-refractivity contribution in [3.63, 3.8) is 0 Å². The van der Waals surface area contributed by atoms with Gasteiger partial charge in [0, 0.05) is 13.1 Å². The summed E-state index contributed by atoms with van der Waals surface area (Å²) in [5.41, 5.74) is 0.418. The fourth-order valence-corrected chi connectivity index (χ4v) is 2.65. The molecule has 0 saturated heterocycles. The SMILES string of the molecule is Cc1nnc2n1CCN(C(=O)[C@@H](C)Oc1ccccc1C#N)C2. The van der Waals surface area contributed by atoms with Crippen LogP contribution in [0.4, 0.5) is 0 Å². The monoisotopic (exact) mass is 311 g/mol. The Balaban J connectivity index is 1.70. The van der Waals surface area contributed by atoms with Crippen LogP contribution in [0.25, 0.3) is 0 Å². The molecule has 2 heterocycles. The molecule has 0 unspecified atom stereocenters. The van der Waals surface area contributed by atoms with Crippen molar-refractivity contribution in [2.45, 2.75) is 33.0 Å². The van der Waals surface area contributed by atoms with E-state index in [4.69, 9.17) is 10.00 Å². The number of carbonyl (C=O) groups is 1. The van der Waals surface area contributed by atoms with Crippen molar-refractivity contribution in [1.82, 2.24) is 19.7 Å². The Bertz CT molecular complexity index is 777. The van der Waals surface area contributed by atoms with E-state index in [0.717, 1.165) is 11.6 Å². The van der Waals surface area contributed by atoms with Crippen molar-refractivity contribution in [3.8, 4) is 11.8 Å². The maximum atomic E-state index is 12.6. The number of hydrogen-bond donors (Lipinski definition) is 0. The number of rotatable bonds is 3. The van der Waals surface area contributed by atoms with Gasteiger partial charge < -0.3 is 14.2 Å². The van der Waals surface area contributed by atoms with Gasteiger partial charge >= 0.3 is 0 Å². The molecule has 0 bridgehead atoms. The third-order valence-corrected chi connectivity index (χ3v) is 3.91. The van der Waals surface area contributed by atoms with E-state index in [9.17, 15) is 4.79 Å². The number of benzene rings is 1. The van der Waals surface area contributed by atoms with Crippen LogP contribution in [0.1, 0.15) is 24.1 Å². The van der Waals surface area contributed by atoms with E-state index >= 15 is 0 Å². The lowest BCUT2D eigenvalue weighted by atomic mass is 10.2. The van der Waals surface area contributed by atoms with E-state index in [1.165, 1.54) is 0 Å². The van der Waals surface area contributed by atoms with E-state index in [2.05, 4.69) is 16.3 Å². The molecule has 1 amide bonds. The molecule has 1 aromatic heterocycles. The number of aryl methyl sites for hydroxylation is 1. The molecule has 0 aliphatic carbocycles. The summed E-state index contributed by atoms with van der Waals surface area (Å²) in [7, 11) is 0. The molecule has 23 heavy (non-hydrogen) atoms. The molecule has 7 heteroatoms. The van der Waals surface area contributed by atoms with Gasteiger partial charge in [-0.25, -0.2) is 0 Å². The first-order chi connectivity index (χ1) is 11.1. The summed E-state index contributed by atoms with van der Waals surface area (Å²) < 4.78 is 7.70. The van der Waals surface area contributed by atoms with Gasteiger partial charge in [0.25, 0.3) is 5.91 Å². The number of amides is 1. The van der Waals surface area contributed by atoms with E-state index in [1.54, 1.807) is 36.1 Å².